The number of ether oxygens (including phenoxy) is 2. The molecule has 0 radical (unpaired) electrons. The first-order valence-electron chi connectivity index (χ1n) is 8.78. The monoisotopic (exact) mass is 363 g/mol. The highest BCUT2D eigenvalue weighted by Gasteiger charge is 2.27. The van der Waals surface area contributed by atoms with Gasteiger partial charge in [-0.1, -0.05) is 0 Å². The Morgan fingerprint density at radius 1 is 1.23 bits per heavy atom. The van der Waals surface area contributed by atoms with Gasteiger partial charge in [0, 0.05) is 19.6 Å². The average Bonchev–Trinajstić information content (AvgIpc) is 2.51. The first-order chi connectivity index (χ1) is 12.1. The van der Waals surface area contributed by atoms with Crippen molar-refractivity contribution in [2.24, 2.45) is 5.73 Å². The summed E-state index contributed by atoms with van der Waals surface area (Å²) < 4.78 is 11.2. The maximum Gasteiger partial charge on any atom is 0.410 e. The van der Waals surface area contributed by atoms with Crippen LogP contribution in [0.2, 0.25) is 0 Å². The van der Waals surface area contributed by atoms with Crippen LogP contribution >= 0.6 is 0 Å². The van der Waals surface area contributed by atoms with Crippen molar-refractivity contribution in [2.45, 2.75) is 39.3 Å². The number of hydrogen-bond donors (Lipinski definition) is 1. The fourth-order valence-corrected chi connectivity index (χ4v) is 2.72. The van der Waals surface area contributed by atoms with E-state index in [4.69, 9.17) is 15.2 Å². The number of carbonyl (C=O) groups is 2. The van der Waals surface area contributed by atoms with Crippen LogP contribution in [0.5, 0.6) is 5.75 Å². The van der Waals surface area contributed by atoms with Gasteiger partial charge in [-0.2, -0.15) is 0 Å². The fraction of sp³-hybridized carbons (Fsp3) is 0.579. The third-order valence-electron chi connectivity index (χ3n) is 4.03. The number of nitrogens with two attached hydrogens (primary N) is 1. The minimum Gasteiger partial charge on any atom is -0.491 e. The molecule has 0 bridgehead atoms. The zero-order chi connectivity index (χ0) is 19.5. The largest absolute Gasteiger partial charge is 0.491 e. The highest BCUT2D eigenvalue weighted by molar-refractivity contribution is 5.96. The Kier molecular flexibility index (Phi) is 6.13. The Labute approximate surface area is 155 Å². The van der Waals surface area contributed by atoms with Gasteiger partial charge < -0.3 is 25.0 Å². The molecule has 1 aliphatic heterocycles. The van der Waals surface area contributed by atoms with Crippen molar-refractivity contribution in [3.8, 4) is 5.75 Å². The zero-order valence-corrected chi connectivity index (χ0v) is 16.3. The summed E-state index contributed by atoms with van der Waals surface area (Å²) in [7, 11) is 3.91. The molecular weight excluding hydrogens is 334 g/mol. The summed E-state index contributed by atoms with van der Waals surface area (Å²) in [4.78, 5) is 27.8. The highest BCUT2D eigenvalue weighted by Crippen LogP contribution is 2.28. The van der Waals surface area contributed by atoms with Gasteiger partial charge >= 0.3 is 6.09 Å². The topological polar surface area (TPSA) is 85.1 Å². The molecule has 0 saturated carbocycles. The smallest absolute Gasteiger partial charge is 0.410 e. The van der Waals surface area contributed by atoms with Crippen molar-refractivity contribution in [1.82, 2.24) is 9.80 Å². The summed E-state index contributed by atoms with van der Waals surface area (Å²) in [5, 5.41) is 0. The van der Waals surface area contributed by atoms with E-state index in [0.29, 0.717) is 37.4 Å². The first kappa shape index (κ1) is 20.0. The lowest BCUT2D eigenvalue weighted by atomic mass is 9.96. The molecule has 2 rings (SSSR count). The molecule has 2 N–H and O–H groups in total. The van der Waals surface area contributed by atoms with Crippen molar-refractivity contribution in [3.05, 3.63) is 28.8 Å². The van der Waals surface area contributed by atoms with E-state index in [1.54, 1.807) is 11.0 Å². The number of benzene rings is 1. The van der Waals surface area contributed by atoms with E-state index in [9.17, 15) is 9.59 Å². The predicted octanol–water partition coefficient (Wildman–Crippen LogP) is 2.02. The Balaban J connectivity index is 2.18. The van der Waals surface area contributed by atoms with Crippen molar-refractivity contribution < 1.29 is 19.1 Å². The first-order valence-corrected chi connectivity index (χ1v) is 8.78. The molecule has 0 fully saturated rings. The van der Waals surface area contributed by atoms with Crippen LogP contribution in [0.25, 0.3) is 0 Å². The summed E-state index contributed by atoms with van der Waals surface area (Å²) in [5.74, 6) is -0.0362. The number of fused-ring (bicyclic) bond motifs is 1. The summed E-state index contributed by atoms with van der Waals surface area (Å²) >= 11 is 0. The van der Waals surface area contributed by atoms with Gasteiger partial charge in [-0.3, -0.25) is 4.79 Å². The molecule has 0 atom stereocenters. The minimum absolute atomic E-state index is 0.341. The van der Waals surface area contributed by atoms with Crippen molar-refractivity contribution in [3.63, 3.8) is 0 Å². The lowest BCUT2D eigenvalue weighted by Gasteiger charge is -2.31. The number of nitrogens with zero attached hydrogens (tertiary/aromatic N) is 2. The lowest BCUT2D eigenvalue weighted by molar-refractivity contribution is 0.0224. The van der Waals surface area contributed by atoms with Crippen LogP contribution < -0.4 is 10.5 Å². The maximum atomic E-state index is 12.3. The number of hydrogen-bond acceptors (Lipinski definition) is 5. The van der Waals surface area contributed by atoms with Gasteiger partial charge in [0.15, 0.2) is 0 Å². The fourth-order valence-electron chi connectivity index (χ4n) is 2.72. The molecule has 0 spiro atoms. The average molecular weight is 363 g/mol. The molecule has 0 aromatic heterocycles. The summed E-state index contributed by atoms with van der Waals surface area (Å²) in [5.41, 5.74) is 7.29. The molecular formula is C19H29N3O4. The second-order valence-electron chi connectivity index (χ2n) is 7.78. The SMILES string of the molecule is CN(C)CCOc1cc2c(cc1C(N)=O)CN(C(=O)OC(C)(C)C)CC2. The number of carbonyl (C=O) groups excluding carboxylic acids is 2. The second kappa shape index (κ2) is 7.95. The standard InChI is InChI=1S/C19H29N3O4/c1-19(2,3)26-18(24)22-7-6-13-11-16(25-9-8-21(4)5)15(17(20)23)10-14(13)12-22/h10-11H,6-9,12H2,1-5H3,(H2,20,23). The third-order valence-corrected chi connectivity index (χ3v) is 4.03. The highest BCUT2D eigenvalue weighted by atomic mass is 16.6. The van der Waals surface area contributed by atoms with Crippen LogP contribution in [0.15, 0.2) is 12.1 Å². The van der Waals surface area contributed by atoms with Crippen LogP contribution in [-0.2, 0) is 17.7 Å². The van der Waals surface area contributed by atoms with Gasteiger partial charge in [0.2, 0.25) is 0 Å². The Bertz CT molecular complexity index is 680. The molecule has 1 aromatic carbocycles. The molecule has 0 aliphatic carbocycles. The molecule has 1 heterocycles. The van der Waals surface area contributed by atoms with Gasteiger partial charge in [0.05, 0.1) is 5.56 Å². The number of primary amides is 1. The van der Waals surface area contributed by atoms with E-state index in [0.717, 1.165) is 17.7 Å². The zero-order valence-electron chi connectivity index (χ0n) is 16.3. The van der Waals surface area contributed by atoms with Crippen LogP contribution in [0.3, 0.4) is 0 Å². The molecule has 7 nitrogen and oxygen atoms in total. The normalized spacial score (nSPS) is 14.2. The van der Waals surface area contributed by atoms with Gasteiger partial charge in [0.1, 0.15) is 18.0 Å². The van der Waals surface area contributed by atoms with E-state index in [1.165, 1.54) is 0 Å². The summed E-state index contributed by atoms with van der Waals surface area (Å²) in [6, 6.07) is 3.61. The number of rotatable bonds is 5. The van der Waals surface area contributed by atoms with E-state index < -0.39 is 11.5 Å². The van der Waals surface area contributed by atoms with E-state index in [1.807, 2.05) is 45.8 Å². The number of likely N-dealkylation sites (N-methyl/N-ethyl adjacent to an activating group) is 1. The summed E-state index contributed by atoms with van der Waals surface area (Å²) in [6.07, 6.45) is 0.326. The Hall–Kier alpha value is -2.28. The molecule has 1 aromatic rings. The Morgan fingerprint density at radius 3 is 2.50 bits per heavy atom. The van der Waals surface area contributed by atoms with Gasteiger partial charge in [0.25, 0.3) is 5.91 Å². The summed E-state index contributed by atoms with van der Waals surface area (Å²) in [6.45, 7) is 7.68. The molecule has 7 heteroatoms. The van der Waals surface area contributed by atoms with Crippen LogP contribution in [0.1, 0.15) is 42.3 Å². The van der Waals surface area contributed by atoms with Crippen molar-refractivity contribution in [1.29, 1.82) is 0 Å². The predicted molar refractivity (Wildman–Crippen MR) is 99.4 cm³/mol. The van der Waals surface area contributed by atoms with E-state index >= 15 is 0 Å². The molecule has 1 aliphatic rings. The molecule has 144 valence electrons. The van der Waals surface area contributed by atoms with Crippen LogP contribution in [-0.4, -0.2) is 61.2 Å². The van der Waals surface area contributed by atoms with Gasteiger partial charge in [-0.25, -0.2) is 4.79 Å². The molecule has 0 unspecified atom stereocenters. The maximum absolute atomic E-state index is 12.3. The quantitative estimate of drug-likeness (QED) is 0.865. The molecule has 0 saturated heterocycles. The van der Waals surface area contributed by atoms with Crippen molar-refractivity contribution >= 4 is 12.0 Å². The minimum atomic E-state index is -0.542. The van der Waals surface area contributed by atoms with Gasteiger partial charge in [-0.05, 0) is 64.5 Å². The van der Waals surface area contributed by atoms with E-state index in [2.05, 4.69) is 0 Å². The second-order valence-corrected chi connectivity index (χ2v) is 7.78. The van der Waals surface area contributed by atoms with Crippen LogP contribution in [0, 0.1) is 0 Å². The Morgan fingerprint density at radius 2 is 1.92 bits per heavy atom. The number of amides is 2. The molecule has 26 heavy (non-hydrogen) atoms. The third kappa shape index (κ3) is 5.36. The van der Waals surface area contributed by atoms with Crippen molar-refractivity contribution in [2.75, 3.05) is 33.8 Å². The molecule has 2 amide bonds. The van der Waals surface area contributed by atoms with Crippen LogP contribution in [0.4, 0.5) is 4.79 Å². The van der Waals surface area contributed by atoms with Gasteiger partial charge in [-0.15, -0.1) is 0 Å². The van der Waals surface area contributed by atoms with E-state index in [-0.39, 0.29) is 6.09 Å². The lowest BCUT2D eigenvalue weighted by Crippen LogP contribution is -2.40.